The van der Waals surface area contributed by atoms with Crippen LogP contribution in [0.2, 0.25) is 0 Å². The number of pyridine rings is 1. The quantitative estimate of drug-likeness (QED) is 0.467. The Labute approximate surface area is 217 Å². The van der Waals surface area contributed by atoms with Gasteiger partial charge in [0.25, 0.3) is 11.5 Å². The van der Waals surface area contributed by atoms with Gasteiger partial charge in [-0.1, -0.05) is 31.5 Å². The Bertz CT molecular complexity index is 1460. The number of halogens is 1. The number of hydrogen-bond donors (Lipinski definition) is 1. The number of sulfonamides is 1. The summed E-state index contributed by atoms with van der Waals surface area (Å²) in [5.41, 5.74) is 2.38. The van der Waals surface area contributed by atoms with Crippen LogP contribution >= 0.6 is 0 Å². The van der Waals surface area contributed by atoms with Gasteiger partial charge in [0.1, 0.15) is 11.4 Å². The number of aryl methyl sites for hydroxylation is 2. The van der Waals surface area contributed by atoms with Gasteiger partial charge in [0, 0.05) is 26.3 Å². The summed E-state index contributed by atoms with van der Waals surface area (Å²) in [4.78, 5) is 26.4. The van der Waals surface area contributed by atoms with Gasteiger partial charge in [-0.3, -0.25) is 9.59 Å². The van der Waals surface area contributed by atoms with Crippen LogP contribution in [0.25, 0.3) is 11.1 Å². The van der Waals surface area contributed by atoms with Crippen molar-refractivity contribution >= 4 is 15.9 Å². The molecule has 0 bridgehead atoms. The van der Waals surface area contributed by atoms with E-state index in [2.05, 4.69) is 5.32 Å². The molecule has 1 fully saturated rings. The van der Waals surface area contributed by atoms with Crippen LogP contribution in [-0.2, 0) is 17.1 Å². The highest BCUT2D eigenvalue weighted by Crippen LogP contribution is 2.28. The van der Waals surface area contributed by atoms with Crippen molar-refractivity contribution in [2.24, 2.45) is 7.05 Å². The zero-order chi connectivity index (χ0) is 26.7. The first-order valence-corrected chi connectivity index (χ1v) is 13.9. The van der Waals surface area contributed by atoms with Gasteiger partial charge in [0.05, 0.1) is 10.9 Å². The SMILES string of the molecule is CCC[C@H](NC(=O)c1cc(-c2ccc(S(=O)(=O)N3CCCC3)cc2C)cn(C)c1=O)c1ccc(F)cc1. The Morgan fingerprint density at radius 1 is 1.08 bits per heavy atom. The molecule has 1 saturated heterocycles. The second-order valence-electron chi connectivity index (χ2n) is 9.51. The average molecular weight is 526 g/mol. The van der Waals surface area contributed by atoms with Crippen molar-refractivity contribution in [2.45, 2.75) is 50.5 Å². The molecule has 196 valence electrons. The van der Waals surface area contributed by atoms with E-state index in [1.165, 1.54) is 21.0 Å². The molecule has 2 heterocycles. The predicted molar refractivity (Wildman–Crippen MR) is 141 cm³/mol. The summed E-state index contributed by atoms with van der Waals surface area (Å²) in [5.74, 6) is -0.877. The second-order valence-corrected chi connectivity index (χ2v) is 11.5. The number of benzene rings is 2. The highest BCUT2D eigenvalue weighted by molar-refractivity contribution is 7.89. The number of aromatic nitrogens is 1. The van der Waals surface area contributed by atoms with Crippen LogP contribution in [0.15, 0.2) is 64.4 Å². The van der Waals surface area contributed by atoms with Crippen LogP contribution in [0, 0.1) is 12.7 Å². The average Bonchev–Trinajstić information content (AvgIpc) is 3.42. The zero-order valence-electron chi connectivity index (χ0n) is 21.3. The Morgan fingerprint density at radius 2 is 1.76 bits per heavy atom. The maximum atomic E-state index is 13.4. The van der Waals surface area contributed by atoms with Gasteiger partial charge >= 0.3 is 0 Å². The Morgan fingerprint density at radius 3 is 2.38 bits per heavy atom. The fourth-order valence-electron chi connectivity index (χ4n) is 4.76. The van der Waals surface area contributed by atoms with Crippen molar-refractivity contribution in [1.29, 1.82) is 0 Å². The van der Waals surface area contributed by atoms with Gasteiger partial charge in [0.2, 0.25) is 10.0 Å². The molecule has 0 unspecified atom stereocenters. The highest BCUT2D eigenvalue weighted by atomic mass is 32.2. The summed E-state index contributed by atoms with van der Waals surface area (Å²) < 4.78 is 42.2. The molecule has 0 aliphatic carbocycles. The van der Waals surface area contributed by atoms with Gasteiger partial charge < -0.3 is 9.88 Å². The van der Waals surface area contributed by atoms with Crippen LogP contribution in [0.5, 0.6) is 0 Å². The Balaban J connectivity index is 1.65. The lowest BCUT2D eigenvalue weighted by Gasteiger charge is -2.19. The number of amides is 1. The lowest BCUT2D eigenvalue weighted by atomic mass is 9.99. The smallest absolute Gasteiger partial charge is 0.263 e. The summed E-state index contributed by atoms with van der Waals surface area (Å²) in [6.07, 6.45) is 4.77. The molecule has 1 amide bonds. The molecule has 4 rings (SSSR count). The van der Waals surface area contributed by atoms with E-state index in [1.807, 2.05) is 13.8 Å². The van der Waals surface area contributed by atoms with Crippen molar-refractivity contribution in [3.63, 3.8) is 0 Å². The van der Waals surface area contributed by atoms with E-state index >= 15 is 0 Å². The maximum absolute atomic E-state index is 13.4. The summed E-state index contributed by atoms with van der Waals surface area (Å²) in [5, 5.41) is 2.93. The molecule has 0 spiro atoms. The molecule has 1 aromatic heterocycles. The van der Waals surface area contributed by atoms with Gasteiger partial charge in [-0.15, -0.1) is 0 Å². The van der Waals surface area contributed by atoms with E-state index in [4.69, 9.17) is 0 Å². The normalized spacial score (nSPS) is 15.0. The summed E-state index contributed by atoms with van der Waals surface area (Å²) in [7, 11) is -1.98. The minimum Gasteiger partial charge on any atom is -0.345 e. The van der Waals surface area contributed by atoms with Crippen LogP contribution in [0.1, 0.15) is 60.1 Å². The molecule has 7 nitrogen and oxygen atoms in total. The van der Waals surface area contributed by atoms with E-state index < -0.39 is 21.5 Å². The molecule has 37 heavy (non-hydrogen) atoms. The molecule has 1 atom stereocenters. The summed E-state index contributed by atoms with van der Waals surface area (Å²) in [6, 6.07) is 12.1. The second kappa shape index (κ2) is 11.0. The number of nitrogens with one attached hydrogen (secondary N) is 1. The first-order chi connectivity index (χ1) is 17.6. The molecule has 1 aliphatic heterocycles. The number of carbonyl (C=O) groups excluding carboxylic acids is 1. The number of carbonyl (C=O) groups is 1. The number of rotatable bonds is 8. The number of nitrogens with zero attached hydrogens (tertiary/aromatic N) is 2. The lowest BCUT2D eigenvalue weighted by molar-refractivity contribution is 0.0932. The summed E-state index contributed by atoms with van der Waals surface area (Å²) >= 11 is 0. The molecule has 9 heteroatoms. The molecule has 0 radical (unpaired) electrons. The van der Waals surface area contributed by atoms with Crippen LogP contribution < -0.4 is 10.9 Å². The summed E-state index contributed by atoms with van der Waals surface area (Å²) in [6.45, 7) is 4.85. The van der Waals surface area contributed by atoms with Crippen molar-refractivity contribution in [3.8, 4) is 11.1 Å². The van der Waals surface area contributed by atoms with Crippen LogP contribution in [0.3, 0.4) is 0 Å². The standard InChI is InChI=1S/C28H32FN3O4S/c1-4-7-26(20-8-10-22(29)11-9-20)30-27(33)25-17-21(18-31(3)28(25)34)24-13-12-23(16-19(24)2)37(35,36)32-14-5-6-15-32/h8-13,16-18,26H,4-7,14-15H2,1-3H3,(H,30,33)/t26-/m0/s1. The lowest BCUT2D eigenvalue weighted by Crippen LogP contribution is -2.34. The highest BCUT2D eigenvalue weighted by Gasteiger charge is 2.27. The fraction of sp³-hybridized carbons (Fsp3) is 0.357. The Kier molecular flexibility index (Phi) is 7.94. The number of hydrogen-bond acceptors (Lipinski definition) is 4. The van der Waals surface area contributed by atoms with E-state index in [-0.39, 0.29) is 22.3 Å². The van der Waals surface area contributed by atoms with Crippen LogP contribution in [0.4, 0.5) is 4.39 Å². The predicted octanol–water partition coefficient (Wildman–Crippen LogP) is 4.56. The van der Waals surface area contributed by atoms with E-state index in [1.54, 1.807) is 49.6 Å². The molecule has 1 N–H and O–H groups in total. The van der Waals surface area contributed by atoms with E-state index in [0.29, 0.717) is 25.1 Å². The molecule has 0 saturated carbocycles. The third kappa shape index (κ3) is 5.67. The fourth-order valence-corrected chi connectivity index (χ4v) is 6.36. The van der Waals surface area contributed by atoms with Crippen molar-refractivity contribution in [1.82, 2.24) is 14.2 Å². The van der Waals surface area contributed by atoms with E-state index in [9.17, 15) is 22.4 Å². The first kappa shape index (κ1) is 26.8. The molecular weight excluding hydrogens is 493 g/mol. The van der Waals surface area contributed by atoms with Gasteiger partial charge in [-0.2, -0.15) is 4.31 Å². The van der Waals surface area contributed by atoms with Crippen molar-refractivity contribution in [3.05, 3.63) is 87.6 Å². The molecule has 3 aromatic rings. The van der Waals surface area contributed by atoms with E-state index in [0.717, 1.165) is 36.0 Å². The monoisotopic (exact) mass is 525 g/mol. The van der Waals surface area contributed by atoms with Crippen LogP contribution in [-0.4, -0.2) is 36.3 Å². The minimum absolute atomic E-state index is 0.0172. The molecule has 2 aromatic carbocycles. The third-order valence-electron chi connectivity index (χ3n) is 6.79. The van der Waals surface area contributed by atoms with Crippen molar-refractivity contribution in [2.75, 3.05) is 13.1 Å². The maximum Gasteiger partial charge on any atom is 0.263 e. The van der Waals surface area contributed by atoms with Crippen molar-refractivity contribution < 1.29 is 17.6 Å². The topological polar surface area (TPSA) is 88.5 Å². The minimum atomic E-state index is -3.55. The first-order valence-electron chi connectivity index (χ1n) is 12.5. The third-order valence-corrected chi connectivity index (χ3v) is 8.69. The Hall–Kier alpha value is -3.30. The molecule has 1 aliphatic rings. The zero-order valence-corrected chi connectivity index (χ0v) is 22.1. The van der Waals surface area contributed by atoms with Gasteiger partial charge in [0.15, 0.2) is 0 Å². The molecular formula is C28H32FN3O4S. The van der Waals surface area contributed by atoms with Gasteiger partial charge in [-0.05, 0) is 78.8 Å². The van der Waals surface area contributed by atoms with Gasteiger partial charge in [-0.25, -0.2) is 12.8 Å². The largest absolute Gasteiger partial charge is 0.345 e.